The molecular weight excluding hydrogens is 466 g/mol. The lowest BCUT2D eigenvalue weighted by Gasteiger charge is -2.13. The second-order valence-electron chi connectivity index (χ2n) is 6.75. The summed E-state index contributed by atoms with van der Waals surface area (Å²) in [4.78, 5) is -0.0541. The third-order valence-electron chi connectivity index (χ3n) is 4.78. The maximum Gasteiger partial charge on any atom is 0.263 e. The molecule has 3 aromatic rings. The monoisotopic (exact) mass is 482 g/mol. The lowest BCUT2D eigenvalue weighted by molar-refractivity contribution is 0.581. The van der Waals surface area contributed by atoms with E-state index < -0.39 is 21.7 Å². The molecule has 4 rings (SSSR count). The Kier molecular flexibility index (Phi) is 5.39. The molecule has 6 nitrogen and oxygen atoms in total. The number of fused-ring (bicyclic) bond motifs is 1. The number of sulfonamides is 1. The van der Waals surface area contributed by atoms with E-state index in [4.69, 9.17) is 0 Å². The summed E-state index contributed by atoms with van der Waals surface area (Å²) >= 11 is 3.18. The van der Waals surface area contributed by atoms with Gasteiger partial charge in [-0.2, -0.15) is 0 Å². The second kappa shape index (κ2) is 7.83. The van der Waals surface area contributed by atoms with Gasteiger partial charge in [0, 0.05) is 23.5 Å². The lowest BCUT2D eigenvalue weighted by Crippen LogP contribution is -2.15. The Bertz CT molecular complexity index is 1180. The van der Waals surface area contributed by atoms with Gasteiger partial charge in [-0.3, -0.25) is 4.72 Å². The number of halogens is 3. The van der Waals surface area contributed by atoms with Crippen LogP contribution in [0.3, 0.4) is 0 Å². The number of rotatable bonds is 4. The number of hydrogen-bond acceptors (Lipinski definition) is 4. The predicted octanol–water partition coefficient (Wildman–Crippen LogP) is 4.51. The van der Waals surface area contributed by atoms with Crippen LogP contribution >= 0.6 is 15.9 Å². The summed E-state index contributed by atoms with van der Waals surface area (Å²) in [6, 6.07) is 7.94. The number of nitrogens with one attached hydrogen (secondary N) is 1. The highest BCUT2D eigenvalue weighted by Gasteiger charge is 2.23. The smallest absolute Gasteiger partial charge is 0.263 e. The van der Waals surface area contributed by atoms with Gasteiger partial charge in [0.05, 0.1) is 11.3 Å². The first-order chi connectivity index (χ1) is 13.9. The minimum absolute atomic E-state index is 0.00289. The van der Waals surface area contributed by atoms with Crippen LogP contribution in [0.1, 0.15) is 25.1 Å². The molecule has 1 N–H and O–H groups in total. The molecule has 0 radical (unpaired) electrons. The third kappa shape index (κ3) is 3.91. The molecule has 10 heteroatoms. The van der Waals surface area contributed by atoms with Gasteiger partial charge in [0.25, 0.3) is 10.0 Å². The van der Waals surface area contributed by atoms with E-state index in [2.05, 4.69) is 30.8 Å². The van der Waals surface area contributed by atoms with Gasteiger partial charge in [-0.1, -0.05) is 18.6 Å². The minimum atomic E-state index is -4.09. The van der Waals surface area contributed by atoms with Crippen molar-refractivity contribution < 1.29 is 17.2 Å². The Morgan fingerprint density at radius 3 is 2.62 bits per heavy atom. The summed E-state index contributed by atoms with van der Waals surface area (Å²) in [5, 5.41) is 8.20. The van der Waals surface area contributed by atoms with Crippen molar-refractivity contribution in [1.29, 1.82) is 0 Å². The average molecular weight is 483 g/mol. The van der Waals surface area contributed by atoms with E-state index in [9.17, 15) is 17.2 Å². The van der Waals surface area contributed by atoms with Crippen molar-refractivity contribution in [2.75, 3.05) is 4.72 Å². The van der Waals surface area contributed by atoms with Gasteiger partial charge in [-0.05, 0) is 47.0 Å². The number of aromatic nitrogens is 3. The van der Waals surface area contributed by atoms with Crippen molar-refractivity contribution in [3.8, 4) is 11.4 Å². The zero-order chi connectivity index (χ0) is 20.6. The molecule has 1 aliphatic heterocycles. The molecule has 0 amide bonds. The molecule has 0 unspecified atom stereocenters. The Balaban J connectivity index is 1.76. The number of aryl methyl sites for hydroxylation is 1. The van der Waals surface area contributed by atoms with Crippen LogP contribution in [-0.4, -0.2) is 23.2 Å². The van der Waals surface area contributed by atoms with Crippen molar-refractivity contribution in [3.63, 3.8) is 0 Å². The van der Waals surface area contributed by atoms with Crippen molar-refractivity contribution >= 4 is 31.6 Å². The highest BCUT2D eigenvalue weighted by molar-refractivity contribution is 9.10. The van der Waals surface area contributed by atoms with Crippen LogP contribution in [0.2, 0.25) is 0 Å². The molecule has 0 fully saturated rings. The summed E-state index contributed by atoms with van der Waals surface area (Å²) in [5.41, 5.74) is -0.361. The van der Waals surface area contributed by atoms with Crippen LogP contribution in [0.15, 0.2) is 45.8 Å². The fourth-order valence-corrected chi connectivity index (χ4v) is 5.41. The predicted molar refractivity (Wildman–Crippen MR) is 108 cm³/mol. The molecule has 0 aliphatic carbocycles. The van der Waals surface area contributed by atoms with Crippen LogP contribution in [-0.2, 0) is 23.0 Å². The van der Waals surface area contributed by atoms with Crippen LogP contribution in [0.25, 0.3) is 11.4 Å². The van der Waals surface area contributed by atoms with E-state index in [1.165, 1.54) is 6.07 Å². The van der Waals surface area contributed by atoms with Crippen LogP contribution < -0.4 is 4.72 Å². The van der Waals surface area contributed by atoms with Crippen LogP contribution in [0.4, 0.5) is 14.5 Å². The Morgan fingerprint density at radius 1 is 1.03 bits per heavy atom. The molecular formula is C19H17BrF2N4O2S. The molecule has 0 saturated carbocycles. The van der Waals surface area contributed by atoms with E-state index in [-0.39, 0.29) is 22.0 Å². The highest BCUT2D eigenvalue weighted by Crippen LogP contribution is 2.31. The maximum absolute atomic E-state index is 14.6. The molecule has 0 bridgehead atoms. The van der Waals surface area contributed by atoms with Crippen LogP contribution in [0.5, 0.6) is 0 Å². The molecule has 2 aromatic carbocycles. The van der Waals surface area contributed by atoms with Gasteiger partial charge in [0.1, 0.15) is 22.4 Å². The summed E-state index contributed by atoms with van der Waals surface area (Å²) < 4.78 is 58.7. The fraction of sp³-hybridized carbons (Fsp3) is 0.263. The van der Waals surface area contributed by atoms with Crippen molar-refractivity contribution in [3.05, 3.63) is 58.3 Å². The van der Waals surface area contributed by atoms with Gasteiger partial charge < -0.3 is 4.57 Å². The standard InChI is InChI=1S/C19H17BrF2N4O2S/c20-13-6-3-4-7-17(13)29(27,28)25-16-10-12(14(21)11-15(16)22)19-24-23-18-8-2-1-5-9-26(18)19/h3-4,6-7,10-11,25H,1-2,5,8-9H2. The number of hydrogen-bond donors (Lipinski definition) is 1. The quantitative estimate of drug-likeness (QED) is 0.593. The molecule has 0 atom stereocenters. The first-order valence-corrected chi connectivity index (χ1v) is 11.3. The van der Waals surface area contributed by atoms with E-state index >= 15 is 0 Å². The highest BCUT2D eigenvalue weighted by atomic mass is 79.9. The number of nitrogens with zero attached hydrogens (tertiary/aromatic N) is 3. The van der Waals surface area contributed by atoms with Gasteiger partial charge >= 0.3 is 0 Å². The minimum Gasteiger partial charge on any atom is -0.311 e. The molecule has 1 aromatic heterocycles. The summed E-state index contributed by atoms with van der Waals surface area (Å²) in [6.07, 6.45) is 3.65. The first-order valence-electron chi connectivity index (χ1n) is 9.05. The molecule has 1 aliphatic rings. The first kappa shape index (κ1) is 20.0. The summed E-state index contributed by atoms with van der Waals surface area (Å²) in [6.45, 7) is 0.631. The third-order valence-corrected chi connectivity index (χ3v) is 7.16. The average Bonchev–Trinajstić information content (AvgIpc) is 2.91. The Hall–Kier alpha value is -2.33. The van der Waals surface area contributed by atoms with E-state index in [0.29, 0.717) is 17.1 Å². The SMILES string of the molecule is O=S(=O)(Nc1cc(-c2nnc3n2CCCCC3)c(F)cc1F)c1ccccc1Br. The summed E-state index contributed by atoms with van der Waals surface area (Å²) in [7, 11) is -4.09. The normalized spacial score (nSPS) is 14.3. The number of anilines is 1. The van der Waals surface area contributed by atoms with E-state index in [1.807, 2.05) is 4.57 Å². The van der Waals surface area contributed by atoms with E-state index in [1.54, 1.807) is 18.2 Å². The topological polar surface area (TPSA) is 76.9 Å². The molecule has 0 saturated heterocycles. The molecule has 2 heterocycles. The van der Waals surface area contributed by atoms with Crippen molar-refractivity contribution in [2.45, 2.75) is 37.1 Å². The van der Waals surface area contributed by atoms with Crippen molar-refractivity contribution in [2.24, 2.45) is 0 Å². The molecule has 152 valence electrons. The van der Waals surface area contributed by atoms with Crippen LogP contribution in [0, 0.1) is 11.6 Å². The molecule has 0 spiro atoms. The fourth-order valence-electron chi connectivity index (χ4n) is 3.35. The Labute approximate surface area is 175 Å². The summed E-state index contributed by atoms with van der Waals surface area (Å²) in [5.74, 6) is -0.833. The zero-order valence-corrected chi connectivity index (χ0v) is 17.6. The van der Waals surface area contributed by atoms with Gasteiger partial charge in [-0.25, -0.2) is 17.2 Å². The Morgan fingerprint density at radius 2 is 1.83 bits per heavy atom. The van der Waals surface area contributed by atoms with E-state index in [0.717, 1.165) is 37.6 Å². The largest absolute Gasteiger partial charge is 0.311 e. The van der Waals surface area contributed by atoms with Crippen molar-refractivity contribution in [1.82, 2.24) is 14.8 Å². The van der Waals surface area contributed by atoms with Gasteiger partial charge in [-0.15, -0.1) is 10.2 Å². The maximum atomic E-state index is 14.6. The second-order valence-corrected chi connectivity index (χ2v) is 9.26. The van der Waals surface area contributed by atoms with Gasteiger partial charge in [0.15, 0.2) is 5.82 Å². The number of benzene rings is 2. The van der Waals surface area contributed by atoms with Gasteiger partial charge in [0.2, 0.25) is 0 Å². The lowest BCUT2D eigenvalue weighted by atomic mass is 10.1. The molecule has 29 heavy (non-hydrogen) atoms. The zero-order valence-electron chi connectivity index (χ0n) is 15.2.